The Bertz CT molecular complexity index is 648. The highest BCUT2D eigenvalue weighted by atomic mass is 16.5. The molecule has 0 saturated heterocycles. The van der Waals surface area contributed by atoms with Gasteiger partial charge in [0.05, 0.1) is 13.2 Å². The first kappa shape index (κ1) is 21.1. The number of ether oxygens (including phenoxy) is 1. The van der Waals surface area contributed by atoms with Crippen LogP contribution < -0.4 is 10.1 Å². The van der Waals surface area contributed by atoms with Crippen LogP contribution in [0.1, 0.15) is 64.0 Å². The summed E-state index contributed by atoms with van der Waals surface area (Å²) >= 11 is 0. The molecule has 2 rings (SSSR count). The van der Waals surface area contributed by atoms with Gasteiger partial charge in [0.2, 0.25) is 0 Å². The fourth-order valence-corrected chi connectivity index (χ4v) is 3.33. The molecule has 2 aromatic rings. The number of nitrogens with one attached hydrogen (secondary N) is 1. The van der Waals surface area contributed by atoms with E-state index in [1.807, 2.05) is 12.1 Å². The normalized spacial score (nSPS) is 13.4. The van der Waals surface area contributed by atoms with Crippen LogP contribution in [0.2, 0.25) is 0 Å². The van der Waals surface area contributed by atoms with Crippen LogP contribution in [0.25, 0.3) is 0 Å². The predicted octanol–water partition coefficient (Wildman–Crippen LogP) is 7.40. The summed E-state index contributed by atoms with van der Waals surface area (Å²) in [7, 11) is 1.70. The summed E-state index contributed by atoms with van der Waals surface area (Å²) in [4.78, 5) is 0. The third-order valence-electron chi connectivity index (χ3n) is 5.01. The van der Waals surface area contributed by atoms with Gasteiger partial charge < -0.3 is 10.1 Å². The van der Waals surface area contributed by atoms with E-state index >= 15 is 0 Å². The average Bonchev–Trinajstić information content (AvgIpc) is 2.72. The molecular weight excluding hydrogens is 330 g/mol. The lowest BCUT2D eigenvalue weighted by Gasteiger charge is -2.25. The van der Waals surface area contributed by atoms with E-state index in [2.05, 4.69) is 73.8 Å². The molecule has 146 valence electrons. The van der Waals surface area contributed by atoms with Crippen molar-refractivity contribution >= 4 is 5.69 Å². The molecule has 0 saturated carbocycles. The van der Waals surface area contributed by atoms with Crippen molar-refractivity contribution < 1.29 is 4.74 Å². The second-order valence-electron chi connectivity index (χ2n) is 7.25. The Morgan fingerprint density at radius 1 is 0.926 bits per heavy atom. The molecule has 1 N–H and O–H groups in total. The van der Waals surface area contributed by atoms with E-state index in [-0.39, 0.29) is 6.04 Å². The second-order valence-corrected chi connectivity index (χ2v) is 7.25. The lowest BCUT2D eigenvalue weighted by atomic mass is 9.93. The zero-order valence-corrected chi connectivity index (χ0v) is 17.2. The quantitative estimate of drug-likeness (QED) is 0.312. The first-order valence-electron chi connectivity index (χ1n) is 10.4. The van der Waals surface area contributed by atoms with Crippen LogP contribution in [0.5, 0.6) is 5.75 Å². The third kappa shape index (κ3) is 7.50. The van der Waals surface area contributed by atoms with Crippen molar-refractivity contribution in [3.8, 4) is 5.75 Å². The maximum Gasteiger partial charge on any atom is 0.119 e. The summed E-state index contributed by atoms with van der Waals surface area (Å²) in [6, 6.07) is 19.1. The number of benzene rings is 2. The number of rotatable bonds is 12. The molecule has 0 heterocycles. The van der Waals surface area contributed by atoms with Crippen molar-refractivity contribution in [2.24, 2.45) is 5.92 Å². The minimum atomic E-state index is 0.246. The molecular formula is C25H35NO. The Balaban J connectivity index is 1.99. The zero-order valence-electron chi connectivity index (χ0n) is 17.2. The van der Waals surface area contributed by atoms with E-state index in [9.17, 15) is 0 Å². The van der Waals surface area contributed by atoms with Crippen molar-refractivity contribution in [2.45, 2.75) is 58.4 Å². The van der Waals surface area contributed by atoms with Crippen molar-refractivity contribution in [3.05, 3.63) is 72.3 Å². The number of methoxy groups -OCH3 is 1. The Morgan fingerprint density at radius 3 is 2.30 bits per heavy atom. The Hall–Kier alpha value is -2.22. The van der Waals surface area contributed by atoms with Gasteiger partial charge in [-0.3, -0.25) is 0 Å². The maximum atomic E-state index is 5.27. The molecule has 2 nitrogen and oxygen atoms in total. The maximum absolute atomic E-state index is 5.27. The Morgan fingerprint density at radius 2 is 1.63 bits per heavy atom. The van der Waals surface area contributed by atoms with Crippen LogP contribution in [0.15, 0.2) is 66.7 Å². The standard InChI is InChI=1S/C25H35NO/c1-4-5-6-7-8-9-11-14-21(2)25(22-15-12-10-13-16-22)26-23-17-19-24(27-3)20-18-23/h10-21,25-26H,4-9H2,1-3H3/b14-11+/t21-,25-/m0/s1. The van der Waals surface area contributed by atoms with Gasteiger partial charge in [0.15, 0.2) is 0 Å². The highest BCUT2D eigenvalue weighted by Gasteiger charge is 2.17. The molecule has 0 radical (unpaired) electrons. The monoisotopic (exact) mass is 365 g/mol. The molecule has 2 atom stereocenters. The summed E-state index contributed by atoms with van der Waals surface area (Å²) in [5.74, 6) is 1.29. The summed E-state index contributed by atoms with van der Waals surface area (Å²) < 4.78 is 5.27. The van der Waals surface area contributed by atoms with E-state index in [1.54, 1.807) is 7.11 Å². The molecule has 0 aliphatic heterocycles. The molecule has 2 aromatic carbocycles. The minimum absolute atomic E-state index is 0.246. The highest BCUT2D eigenvalue weighted by molar-refractivity contribution is 5.48. The average molecular weight is 366 g/mol. The third-order valence-corrected chi connectivity index (χ3v) is 5.01. The van der Waals surface area contributed by atoms with E-state index in [0.29, 0.717) is 5.92 Å². The van der Waals surface area contributed by atoms with E-state index in [0.717, 1.165) is 11.4 Å². The van der Waals surface area contributed by atoms with Crippen molar-refractivity contribution in [1.82, 2.24) is 0 Å². The van der Waals surface area contributed by atoms with Crippen LogP contribution in [-0.4, -0.2) is 7.11 Å². The topological polar surface area (TPSA) is 21.3 Å². The van der Waals surface area contributed by atoms with E-state index in [1.165, 1.54) is 44.1 Å². The first-order valence-corrected chi connectivity index (χ1v) is 10.4. The number of allylic oxidation sites excluding steroid dienone is 1. The van der Waals surface area contributed by atoms with Crippen LogP contribution in [0, 0.1) is 5.92 Å². The van der Waals surface area contributed by atoms with Crippen molar-refractivity contribution in [3.63, 3.8) is 0 Å². The smallest absolute Gasteiger partial charge is 0.119 e. The van der Waals surface area contributed by atoms with Crippen LogP contribution in [0.4, 0.5) is 5.69 Å². The molecule has 2 heteroatoms. The van der Waals surface area contributed by atoms with E-state index < -0.39 is 0 Å². The molecule has 0 aliphatic rings. The second kappa shape index (κ2) is 12.2. The van der Waals surface area contributed by atoms with Crippen molar-refractivity contribution in [2.75, 3.05) is 12.4 Å². The summed E-state index contributed by atoms with van der Waals surface area (Å²) in [5.41, 5.74) is 2.43. The number of hydrogen-bond acceptors (Lipinski definition) is 2. The summed E-state index contributed by atoms with van der Waals surface area (Å²) in [5, 5.41) is 3.71. The molecule has 27 heavy (non-hydrogen) atoms. The molecule has 0 aliphatic carbocycles. The van der Waals surface area contributed by atoms with Gasteiger partial charge in [0.25, 0.3) is 0 Å². The fourth-order valence-electron chi connectivity index (χ4n) is 3.33. The van der Waals surface area contributed by atoms with E-state index in [4.69, 9.17) is 4.74 Å². The van der Waals surface area contributed by atoms with Crippen LogP contribution >= 0.6 is 0 Å². The number of anilines is 1. The van der Waals surface area contributed by atoms with Gasteiger partial charge in [-0.1, -0.05) is 82.0 Å². The number of hydrogen-bond donors (Lipinski definition) is 1. The molecule has 0 aromatic heterocycles. The van der Waals surface area contributed by atoms with Gasteiger partial charge in [-0.05, 0) is 48.6 Å². The fraction of sp³-hybridized carbons (Fsp3) is 0.440. The van der Waals surface area contributed by atoms with Gasteiger partial charge in [-0.25, -0.2) is 0 Å². The van der Waals surface area contributed by atoms with Gasteiger partial charge >= 0.3 is 0 Å². The molecule has 0 amide bonds. The van der Waals surface area contributed by atoms with Gasteiger partial charge in [-0.2, -0.15) is 0 Å². The van der Waals surface area contributed by atoms with Crippen LogP contribution in [0.3, 0.4) is 0 Å². The van der Waals surface area contributed by atoms with Crippen molar-refractivity contribution in [1.29, 1.82) is 0 Å². The van der Waals surface area contributed by atoms with Gasteiger partial charge in [0, 0.05) is 5.69 Å². The first-order chi connectivity index (χ1) is 13.2. The molecule has 0 spiro atoms. The van der Waals surface area contributed by atoms with Gasteiger partial charge in [0.1, 0.15) is 5.75 Å². The summed E-state index contributed by atoms with van der Waals surface area (Å²) in [6.07, 6.45) is 12.6. The lowest BCUT2D eigenvalue weighted by Crippen LogP contribution is -2.17. The number of unbranched alkanes of at least 4 members (excludes halogenated alkanes) is 5. The lowest BCUT2D eigenvalue weighted by molar-refractivity contribution is 0.415. The predicted molar refractivity (Wildman–Crippen MR) is 117 cm³/mol. The molecule has 0 fully saturated rings. The highest BCUT2D eigenvalue weighted by Crippen LogP contribution is 2.28. The Kier molecular flexibility index (Phi) is 9.54. The zero-order chi connectivity index (χ0) is 19.3. The Labute approximate surface area is 165 Å². The molecule has 0 bridgehead atoms. The van der Waals surface area contributed by atoms with Crippen LogP contribution in [-0.2, 0) is 0 Å². The minimum Gasteiger partial charge on any atom is -0.497 e. The molecule has 0 unspecified atom stereocenters. The SMILES string of the molecule is CCCCCCC/C=C/[C@H](C)[C@H](Nc1ccc(OC)cc1)c1ccccc1. The summed E-state index contributed by atoms with van der Waals surface area (Å²) in [6.45, 7) is 4.56. The largest absolute Gasteiger partial charge is 0.497 e. The van der Waals surface area contributed by atoms with Gasteiger partial charge in [-0.15, -0.1) is 0 Å².